The molecule has 0 aliphatic carbocycles. The highest BCUT2D eigenvalue weighted by Gasteiger charge is 2.16. The second-order valence-electron chi connectivity index (χ2n) is 7.54. The zero-order chi connectivity index (χ0) is 23.2. The molecule has 2 aromatic carbocycles. The molecule has 2 aromatic heterocycles. The molecule has 0 aliphatic heterocycles. The molecule has 0 radical (unpaired) electrons. The molecule has 166 valence electrons. The maximum atomic E-state index is 13.0. The normalized spacial score (nSPS) is 11.3. The van der Waals surface area contributed by atoms with Crippen LogP contribution in [0.4, 0.5) is 0 Å². The van der Waals surface area contributed by atoms with E-state index in [-0.39, 0.29) is 17.5 Å². The molecule has 0 saturated carbocycles. The van der Waals surface area contributed by atoms with Gasteiger partial charge in [0.25, 0.3) is 11.8 Å². The zero-order valence-corrected chi connectivity index (χ0v) is 19.2. The number of carbonyl (C=O) groups is 2. The molecule has 2 N–H and O–H groups in total. The van der Waals surface area contributed by atoms with Crippen LogP contribution < -0.4 is 10.6 Å². The van der Waals surface area contributed by atoms with Crippen molar-refractivity contribution in [2.24, 2.45) is 0 Å². The summed E-state index contributed by atoms with van der Waals surface area (Å²) in [7, 11) is 0. The van der Waals surface area contributed by atoms with Crippen molar-refractivity contribution in [2.45, 2.75) is 20.4 Å². The summed E-state index contributed by atoms with van der Waals surface area (Å²) in [5, 5.41) is 7.63. The summed E-state index contributed by atoms with van der Waals surface area (Å²) in [6.45, 7) is 4.15. The van der Waals surface area contributed by atoms with Crippen molar-refractivity contribution in [2.75, 3.05) is 0 Å². The Morgan fingerprint density at radius 1 is 1.03 bits per heavy atom. The molecule has 7 heteroatoms. The minimum Gasteiger partial charge on any atom is -0.347 e. The fraction of sp³-hybridized carbons (Fsp3) is 0.115. The van der Waals surface area contributed by atoms with E-state index in [1.807, 2.05) is 78.5 Å². The molecule has 0 aliphatic rings. The molecule has 6 nitrogen and oxygen atoms in total. The van der Waals surface area contributed by atoms with Gasteiger partial charge in [-0.25, -0.2) is 4.98 Å². The molecule has 4 aromatic rings. The lowest BCUT2D eigenvalue weighted by Crippen LogP contribution is -2.34. The highest BCUT2D eigenvalue weighted by atomic mass is 32.1. The van der Waals surface area contributed by atoms with Gasteiger partial charge in [-0.3, -0.25) is 9.59 Å². The summed E-state index contributed by atoms with van der Waals surface area (Å²) in [5.41, 5.74) is 3.54. The Morgan fingerprint density at radius 3 is 2.48 bits per heavy atom. The second kappa shape index (κ2) is 10.1. The number of hydrogen-bond donors (Lipinski definition) is 2. The highest BCUT2D eigenvalue weighted by Crippen LogP contribution is 2.15. The lowest BCUT2D eigenvalue weighted by atomic mass is 10.1. The molecule has 0 bridgehead atoms. The van der Waals surface area contributed by atoms with Gasteiger partial charge in [0.05, 0.1) is 0 Å². The minimum atomic E-state index is -0.347. The van der Waals surface area contributed by atoms with Gasteiger partial charge in [-0.15, -0.1) is 11.3 Å². The molecule has 0 fully saturated rings. The van der Waals surface area contributed by atoms with Gasteiger partial charge in [0, 0.05) is 35.1 Å². The number of imidazole rings is 1. The first-order valence-corrected chi connectivity index (χ1v) is 11.4. The van der Waals surface area contributed by atoms with Crippen molar-refractivity contribution in [1.82, 2.24) is 20.2 Å². The van der Waals surface area contributed by atoms with Gasteiger partial charge in [-0.1, -0.05) is 36.4 Å². The average Bonchev–Trinajstić information content (AvgIpc) is 3.49. The second-order valence-corrected chi connectivity index (χ2v) is 8.52. The van der Waals surface area contributed by atoms with E-state index in [9.17, 15) is 9.59 Å². The number of aryl methyl sites for hydroxylation is 2. The monoisotopic (exact) mass is 456 g/mol. The Labute approximate surface area is 196 Å². The van der Waals surface area contributed by atoms with Crippen LogP contribution in [0.25, 0.3) is 11.8 Å². The van der Waals surface area contributed by atoms with E-state index < -0.39 is 0 Å². The molecule has 33 heavy (non-hydrogen) atoms. The van der Waals surface area contributed by atoms with Crippen LogP contribution in [0.5, 0.6) is 0 Å². The lowest BCUT2D eigenvalue weighted by molar-refractivity contribution is -0.117. The van der Waals surface area contributed by atoms with Crippen molar-refractivity contribution >= 4 is 29.2 Å². The fourth-order valence-electron chi connectivity index (χ4n) is 3.39. The molecule has 0 atom stereocenters. The van der Waals surface area contributed by atoms with E-state index in [1.165, 1.54) is 11.3 Å². The predicted octanol–water partition coefficient (Wildman–Crippen LogP) is 4.64. The standard InChI is InChI=1S/C26H24N4O2S/c1-18-6-3-4-8-23(18)25(31)29-24(16-22-7-5-15-33-22)26(32)28-17-20-9-11-21(12-10-20)30-14-13-27-19(30)2/h3-16H,17H2,1-2H3,(H,28,32)(H,29,31)/b24-16-. The van der Waals surface area contributed by atoms with Gasteiger partial charge >= 0.3 is 0 Å². The number of nitrogens with one attached hydrogen (secondary N) is 2. The molecular formula is C26H24N4O2S. The lowest BCUT2D eigenvalue weighted by Gasteiger charge is -2.12. The van der Waals surface area contributed by atoms with E-state index in [0.29, 0.717) is 12.1 Å². The van der Waals surface area contributed by atoms with E-state index in [2.05, 4.69) is 15.6 Å². The van der Waals surface area contributed by atoms with Gasteiger partial charge in [0.1, 0.15) is 11.5 Å². The molecule has 4 rings (SSSR count). The Bertz CT molecular complexity index is 1290. The largest absolute Gasteiger partial charge is 0.347 e. The van der Waals surface area contributed by atoms with Crippen molar-refractivity contribution in [3.05, 3.63) is 112 Å². The first-order chi connectivity index (χ1) is 16.0. The van der Waals surface area contributed by atoms with Gasteiger partial charge in [-0.05, 0) is 60.7 Å². The van der Waals surface area contributed by atoms with Crippen LogP contribution in [0, 0.1) is 13.8 Å². The molecule has 2 amide bonds. The molecule has 0 spiro atoms. The summed E-state index contributed by atoms with van der Waals surface area (Å²) in [6, 6.07) is 19.0. The van der Waals surface area contributed by atoms with Gasteiger partial charge in [-0.2, -0.15) is 0 Å². The summed E-state index contributed by atoms with van der Waals surface area (Å²) < 4.78 is 1.99. The Morgan fingerprint density at radius 2 is 1.82 bits per heavy atom. The van der Waals surface area contributed by atoms with Crippen molar-refractivity contribution in [3.63, 3.8) is 0 Å². The van der Waals surface area contributed by atoms with Crippen LogP contribution in [-0.2, 0) is 11.3 Å². The topological polar surface area (TPSA) is 76.0 Å². The summed E-state index contributed by atoms with van der Waals surface area (Å²) in [5.74, 6) is 0.245. The number of aromatic nitrogens is 2. The summed E-state index contributed by atoms with van der Waals surface area (Å²) in [4.78, 5) is 30.9. The first-order valence-electron chi connectivity index (χ1n) is 10.5. The molecule has 2 heterocycles. The van der Waals surface area contributed by atoms with Crippen LogP contribution >= 0.6 is 11.3 Å². The maximum Gasteiger partial charge on any atom is 0.268 e. The Balaban J connectivity index is 1.47. The van der Waals surface area contributed by atoms with Gasteiger partial charge < -0.3 is 15.2 Å². The number of carbonyl (C=O) groups excluding carboxylic acids is 2. The van der Waals surface area contributed by atoms with Crippen LogP contribution in [-0.4, -0.2) is 21.4 Å². The maximum absolute atomic E-state index is 13.0. The van der Waals surface area contributed by atoms with Crippen molar-refractivity contribution < 1.29 is 9.59 Å². The third-order valence-corrected chi connectivity index (χ3v) is 6.02. The summed E-state index contributed by atoms with van der Waals surface area (Å²) >= 11 is 1.50. The predicted molar refractivity (Wildman–Crippen MR) is 131 cm³/mol. The highest BCUT2D eigenvalue weighted by molar-refractivity contribution is 7.10. The van der Waals surface area contributed by atoms with E-state index in [1.54, 1.807) is 24.4 Å². The third-order valence-electron chi connectivity index (χ3n) is 5.21. The quantitative estimate of drug-likeness (QED) is 0.398. The number of thiophene rings is 1. The van der Waals surface area contributed by atoms with Gasteiger partial charge in [0.15, 0.2) is 0 Å². The molecule has 0 unspecified atom stereocenters. The zero-order valence-electron chi connectivity index (χ0n) is 18.4. The number of benzene rings is 2. The van der Waals surface area contributed by atoms with Crippen LogP contribution in [0.2, 0.25) is 0 Å². The fourth-order valence-corrected chi connectivity index (χ4v) is 4.05. The molecular weight excluding hydrogens is 432 g/mol. The smallest absolute Gasteiger partial charge is 0.268 e. The van der Waals surface area contributed by atoms with Crippen LogP contribution in [0.1, 0.15) is 32.2 Å². The Hall–Kier alpha value is -3.97. The average molecular weight is 457 g/mol. The van der Waals surface area contributed by atoms with Crippen LogP contribution in [0.3, 0.4) is 0 Å². The van der Waals surface area contributed by atoms with E-state index in [4.69, 9.17) is 0 Å². The van der Waals surface area contributed by atoms with E-state index in [0.717, 1.165) is 27.5 Å². The van der Waals surface area contributed by atoms with Crippen molar-refractivity contribution in [3.8, 4) is 5.69 Å². The van der Waals surface area contributed by atoms with Crippen LogP contribution in [0.15, 0.2) is 84.1 Å². The Kier molecular flexibility index (Phi) is 6.80. The molecule has 0 saturated heterocycles. The van der Waals surface area contributed by atoms with Gasteiger partial charge in [0.2, 0.25) is 0 Å². The number of amides is 2. The number of rotatable bonds is 7. The number of hydrogen-bond acceptors (Lipinski definition) is 4. The SMILES string of the molecule is Cc1ccccc1C(=O)N/C(=C\c1cccs1)C(=O)NCc1ccc(-n2ccnc2C)cc1. The minimum absolute atomic E-state index is 0.205. The third kappa shape index (κ3) is 5.45. The summed E-state index contributed by atoms with van der Waals surface area (Å²) in [6.07, 6.45) is 5.36. The van der Waals surface area contributed by atoms with Crippen molar-refractivity contribution in [1.29, 1.82) is 0 Å². The number of nitrogens with zero attached hydrogens (tertiary/aromatic N) is 2. The first kappa shape index (κ1) is 22.2. The van der Waals surface area contributed by atoms with E-state index >= 15 is 0 Å².